The first-order valence-electron chi connectivity index (χ1n) is 22.7. The normalized spacial score (nSPS) is 20.5. The predicted molar refractivity (Wildman–Crippen MR) is 231 cm³/mol. The number of unbranched alkanes of at least 4 members (excludes halogenated alkanes) is 4. The van der Waals surface area contributed by atoms with E-state index in [2.05, 4.69) is 52.0 Å². The maximum Gasteiger partial charge on any atom is 0.339 e. The van der Waals surface area contributed by atoms with E-state index in [0.29, 0.717) is 36.2 Å². The number of hydrogen-bond acceptors (Lipinski definition) is 6. The molecule has 2 N–H and O–H groups in total. The van der Waals surface area contributed by atoms with Crippen LogP contribution in [0.2, 0.25) is 0 Å². The Balaban J connectivity index is 1.32. The Bertz CT molecular complexity index is 1540. The van der Waals surface area contributed by atoms with Crippen molar-refractivity contribution in [1.82, 2.24) is 0 Å². The molecule has 0 radical (unpaired) electrons. The summed E-state index contributed by atoms with van der Waals surface area (Å²) in [7, 11) is 0. The van der Waals surface area contributed by atoms with E-state index in [1.807, 2.05) is 24.3 Å². The van der Waals surface area contributed by atoms with Crippen molar-refractivity contribution >= 4 is 11.9 Å². The van der Waals surface area contributed by atoms with Crippen molar-refractivity contribution < 1.29 is 38.7 Å². The van der Waals surface area contributed by atoms with Gasteiger partial charge in [0.2, 0.25) is 12.6 Å². The van der Waals surface area contributed by atoms with Gasteiger partial charge >= 0.3 is 11.9 Å². The van der Waals surface area contributed by atoms with Gasteiger partial charge in [0.25, 0.3) is 0 Å². The molecule has 2 aliphatic carbocycles. The minimum Gasteiger partial charge on any atom is -0.478 e. The number of hydrogen-bond donors (Lipinski definition) is 2. The number of ether oxygens (including phenoxy) is 4. The predicted octanol–water partition coefficient (Wildman–Crippen LogP) is 14.0. The van der Waals surface area contributed by atoms with Crippen molar-refractivity contribution in [3.8, 4) is 23.0 Å². The molecule has 0 bridgehead atoms. The number of benzene rings is 3. The van der Waals surface area contributed by atoms with Crippen molar-refractivity contribution in [1.29, 1.82) is 0 Å². The molecule has 2 fully saturated rings. The molecule has 3 aromatic carbocycles. The molecule has 0 spiro atoms. The van der Waals surface area contributed by atoms with Crippen molar-refractivity contribution in [2.45, 2.75) is 181 Å². The Morgan fingerprint density at radius 3 is 1.19 bits per heavy atom. The fourth-order valence-electron chi connectivity index (χ4n) is 9.10. The molecule has 2 unspecified atom stereocenters. The Morgan fingerprint density at radius 2 is 0.879 bits per heavy atom. The lowest BCUT2D eigenvalue weighted by atomic mass is 9.77. The summed E-state index contributed by atoms with van der Waals surface area (Å²) in [5, 5.41) is 20.8. The smallest absolute Gasteiger partial charge is 0.339 e. The van der Waals surface area contributed by atoms with Crippen LogP contribution in [0.3, 0.4) is 0 Å². The largest absolute Gasteiger partial charge is 0.478 e. The molecular weight excluding hydrogens is 729 g/mol. The van der Waals surface area contributed by atoms with Crippen LogP contribution in [0.4, 0.5) is 0 Å². The van der Waals surface area contributed by atoms with Crippen LogP contribution in [0.25, 0.3) is 0 Å². The van der Waals surface area contributed by atoms with Gasteiger partial charge in [-0.3, -0.25) is 0 Å². The number of aromatic carboxylic acids is 2. The zero-order chi connectivity index (χ0) is 41.3. The highest BCUT2D eigenvalue weighted by Gasteiger charge is 2.27. The van der Waals surface area contributed by atoms with Gasteiger partial charge in [-0.15, -0.1) is 0 Å². The van der Waals surface area contributed by atoms with Crippen molar-refractivity contribution in [3.05, 3.63) is 82.9 Å². The highest BCUT2D eigenvalue weighted by Crippen LogP contribution is 2.40. The van der Waals surface area contributed by atoms with Crippen LogP contribution < -0.4 is 18.9 Å². The number of rotatable bonds is 24. The van der Waals surface area contributed by atoms with Gasteiger partial charge in [-0.05, 0) is 135 Å². The standard InChI is InChI=1S/C50H70O8/c1-5-9-11-15-47(55-41-29-25-39(26-30-41)37-21-17-35(13-7-3)18-22-37)57-45-33-44(50(53)54)46(34-43(45)49(51)52)58-48(16-12-10-6-2)56-42-31-27-40(28-32-42)38-23-19-36(14-8-4)20-24-38/h25-38,47-48H,5-24H2,1-4H3,(H,51,52)(H,53,54)/t35-,36-,37-,38-,47?,48?. The summed E-state index contributed by atoms with van der Waals surface area (Å²) < 4.78 is 25.3. The molecule has 0 aliphatic heterocycles. The lowest BCUT2D eigenvalue weighted by Gasteiger charge is -2.29. The molecule has 8 heteroatoms. The number of carboxylic acid groups (broad SMARTS) is 2. The van der Waals surface area contributed by atoms with Crippen LogP contribution in [-0.4, -0.2) is 34.7 Å². The fourth-order valence-corrected chi connectivity index (χ4v) is 9.10. The van der Waals surface area contributed by atoms with Gasteiger partial charge in [0, 0.05) is 12.8 Å². The molecule has 0 heterocycles. The van der Waals surface area contributed by atoms with E-state index in [4.69, 9.17) is 18.9 Å². The van der Waals surface area contributed by atoms with Gasteiger partial charge < -0.3 is 29.2 Å². The third-order valence-electron chi connectivity index (χ3n) is 12.5. The van der Waals surface area contributed by atoms with Gasteiger partial charge in [0.1, 0.15) is 34.1 Å². The summed E-state index contributed by atoms with van der Waals surface area (Å²) in [6, 6.07) is 18.9. The van der Waals surface area contributed by atoms with E-state index >= 15 is 0 Å². The first-order chi connectivity index (χ1) is 28.2. The van der Waals surface area contributed by atoms with E-state index in [1.54, 1.807) is 0 Å². The van der Waals surface area contributed by atoms with Crippen LogP contribution in [0.1, 0.15) is 200 Å². The Labute approximate surface area is 348 Å². The van der Waals surface area contributed by atoms with E-state index < -0.39 is 24.5 Å². The quantitative estimate of drug-likeness (QED) is 0.0681. The van der Waals surface area contributed by atoms with Crippen molar-refractivity contribution in [2.24, 2.45) is 11.8 Å². The van der Waals surface area contributed by atoms with E-state index in [9.17, 15) is 19.8 Å². The van der Waals surface area contributed by atoms with Crippen LogP contribution in [0.5, 0.6) is 23.0 Å². The zero-order valence-electron chi connectivity index (χ0n) is 35.7. The van der Waals surface area contributed by atoms with Crippen LogP contribution >= 0.6 is 0 Å². The van der Waals surface area contributed by atoms with Crippen LogP contribution in [0.15, 0.2) is 60.7 Å². The Hall–Kier alpha value is -4.20. The zero-order valence-corrected chi connectivity index (χ0v) is 35.7. The molecule has 58 heavy (non-hydrogen) atoms. The summed E-state index contributed by atoms with van der Waals surface area (Å²) in [6.07, 6.45) is 19.9. The van der Waals surface area contributed by atoms with Gasteiger partial charge in [-0.2, -0.15) is 0 Å². The minimum absolute atomic E-state index is 0.0815. The van der Waals surface area contributed by atoms with Gasteiger partial charge in [0.05, 0.1) is 0 Å². The van der Waals surface area contributed by atoms with Gasteiger partial charge in [0.15, 0.2) is 0 Å². The molecular formula is C50H70O8. The molecule has 318 valence electrons. The molecule has 0 amide bonds. The number of carbonyl (C=O) groups is 2. The molecule has 2 saturated carbocycles. The molecule has 0 saturated heterocycles. The van der Waals surface area contributed by atoms with E-state index in [0.717, 1.165) is 50.4 Å². The topological polar surface area (TPSA) is 112 Å². The summed E-state index contributed by atoms with van der Waals surface area (Å²) in [5.41, 5.74) is 2.22. The molecule has 2 aliphatic rings. The minimum atomic E-state index is -1.26. The summed E-state index contributed by atoms with van der Waals surface area (Å²) in [5.74, 6) is 1.35. The van der Waals surface area contributed by atoms with E-state index in [1.165, 1.54) is 100 Å². The van der Waals surface area contributed by atoms with Crippen molar-refractivity contribution in [3.63, 3.8) is 0 Å². The number of carboxylic acids is 2. The summed E-state index contributed by atoms with van der Waals surface area (Å²) >= 11 is 0. The van der Waals surface area contributed by atoms with E-state index in [-0.39, 0.29) is 22.6 Å². The summed E-state index contributed by atoms with van der Waals surface area (Å²) in [6.45, 7) is 8.75. The third kappa shape index (κ3) is 13.4. The molecule has 5 rings (SSSR count). The second-order valence-electron chi connectivity index (χ2n) is 16.9. The molecule has 0 aromatic heterocycles. The maximum absolute atomic E-state index is 12.7. The highest BCUT2D eigenvalue weighted by atomic mass is 16.7. The average Bonchev–Trinajstić information content (AvgIpc) is 3.22. The Kier molecular flexibility index (Phi) is 18.1. The highest BCUT2D eigenvalue weighted by molar-refractivity contribution is 5.97. The first-order valence-corrected chi connectivity index (χ1v) is 22.7. The first kappa shape index (κ1) is 44.9. The molecule has 8 nitrogen and oxygen atoms in total. The molecule has 2 atom stereocenters. The van der Waals surface area contributed by atoms with Crippen LogP contribution in [-0.2, 0) is 0 Å². The second kappa shape index (κ2) is 23.4. The van der Waals surface area contributed by atoms with Crippen molar-refractivity contribution in [2.75, 3.05) is 0 Å². The Morgan fingerprint density at radius 1 is 0.517 bits per heavy atom. The monoisotopic (exact) mass is 799 g/mol. The molecule has 3 aromatic rings. The second-order valence-corrected chi connectivity index (χ2v) is 16.9. The average molecular weight is 799 g/mol. The third-order valence-corrected chi connectivity index (χ3v) is 12.5. The maximum atomic E-state index is 12.7. The van der Waals surface area contributed by atoms with Gasteiger partial charge in [-0.1, -0.05) is 103 Å². The fraction of sp³-hybridized carbons (Fsp3) is 0.600. The SMILES string of the molecule is CCCCCC(Oc1ccc([C@H]2CC[C@H](CCC)CC2)cc1)Oc1cc(C(=O)O)c(OC(CCCCC)Oc2ccc([C@H]3CC[C@H](CCC)CC3)cc2)cc1C(=O)O. The summed E-state index contributed by atoms with van der Waals surface area (Å²) in [4.78, 5) is 25.5. The lowest BCUT2D eigenvalue weighted by molar-refractivity contribution is -0.00696. The van der Waals surface area contributed by atoms with Crippen LogP contribution in [0, 0.1) is 11.8 Å². The van der Waals surface area contributed by atoms with Gasteiger partial charge in [-0.25, -0.2) is 9.59 Å². The lowest BCUT2D eigenvalue weighted by Crippen LogP contribution is -2.27.